The smallest absolute Gasteiger partial charge is 0.270 e. The van der Waals surface area contributed by atoms with Crippen LogP contribution in [0, 0.1) is 21.4 Å². The molecular weight excluding hydrogens is 300 g/mol. The van der Waals surface area contributed by atoms with Gasteiger partial charge in [-0.25, -0.2) is 4.98 Å². The van der Waals surface area contributed by atoms with Gasteiger partial charge in [-0.1, -0.05) is 13.8 Å². The van der Waals surface area contributed by atoms with Crippen molar-refractivity contribution >= 4 is 22.7 Å². The van der Waals surface area contributed by atoms with Crippen LogP contribution in [0.1, 0.15) is 49.0 Å². The molecule has 1 aromatic carbocycles. The maximum atomic E-state index is 10.8. The van der Waals surface area contributed by atoms with Gasteiger partial charge in [-0.3, -0.25) is 10.1 Å². The number of anilines is 1. The van der Waals surface area contributed by atoms with Gasteiger partial charge >= 0.3 is 0 Å². The molecule has 6 nitrogen and oxygen atoms in total. The number of benzene rings is 1. The van der Waals surface area contributed by atoms with Crippen LogP contribution in [0.2, 0.25) is 0 Å². The predicted octanol–water partition coefficient (Wildman–Crippen LogP) is 4.22. The zero-order valence-electron chi connectivity index (χ0n) is 12.5. The molecule has 1 heterocycles. The number of aromatic nitrogens is 1. The fraction of sp³-hybridized carbons (Fsp3) is 0.333. The minimum Gasteiger partial charge on any atom is -0.376 e. The zero-order valence-corrected chi connectivity index (χ0v) is 13.3. The van der Waals surface area contributed by atoms with E-state index in [2.05, 4.69) is 24.1 Å². The molecule has 22 heavy (non-hydrogen) atoms. The van der Waals surface area contributed by atoms with Crippen LogP contribution in [0.4, 0.5) is 11.4 Å². The van der Waals surface area contributed by atoms with Crippen LogP contribution >= 0.6 is 11.3 Å². The van der Waals surface area contributed by atoms with Crippen molar-refractivity contribution in [3.8, 4) is 6.07 Å². The van der Waals surface area contributed by atoms with Crippen LogP contribution in [0.3, 0.4) is 0 Å². The third-order valence-corrected chi connectivity index (χ3v) is 4.35. The fourth-order valence-corrected chi connectivity index (χ4v) is 2.86. The van der Waals surface area contributed by atoms with Crippen molar-refractivity contribution in [1.29, 1.82) is 5.26 Å². The van der Waals surface area contributed by atoms with Gasteiger partial charge in [-0.15, -0.1) is 11.3 Å². The molecule has 0 aliphatic carbocycles. The maximum Gasteiger partial charge on any atom is 0.270 e. The van der Waals surface area contributed by atoms with E-state index in [-0.39, 0.29) is 17.3 Å². The van der Waals surface area contributed by atoms with E-state index in [1.807, 2.05) is 18.4 Å². The topological polar surface area (TPSA) is 91.8 Å². The number of nitro groups is 1. The number of hydrogen-bond acceptors (Lipinski definition) is 6. The van der Waals surface area contributed by atoms with E-state index < -0.39 is 4.92 Å². The first-order chi connectivity index (χ1) is 10.4. The van der Waals surface area contributed by atoms with Crippen molar-refractivity contribution in [3.05, 3.63) is 50.0 Å². The van der Waals surface area contributed by atoms with E-state index >= 15 is 0 Å². The lowest BCUT2D eigenvalue weighted by Gasteiger charge is -2.14. The highest BCUT2D eigenvalue weighted by Crippen LogP contribution is 2.27. The molecule has 2 aromatic rings. The lowest BCUT2D eigenvalue weighted by molar-refractivity contribution is -0.384. The highest BCUT2D eigenvalue weighted by Gasteiger charge is 2.15. The first-order valence-electron chi connectivity index (χ1n) is 6.82. The molecule has 0 aliphatic heterocycles. The molecule has 1 unspecified atom stereocenters. The lowest BCUT2D eigenvalue weighted by atomic mass is 10.1. The normalized spacial score (nSPS) is 12.0. The van der Waals surface area contributed by atoms with Crippen molar-refractivity contribution < 1.29 is 4.92 Å². The first kappa shape index (κ1) is 15.9. The van der Waals surface area contributed by atoms with Gasteiger partial charge in [-0.05, 0) is 13.0 Å². The molecule has 2 rings (SSSR count). The third-order valence-electron chi connectivity index (χ3n) is 3.18. The molecule has 0 aliphatic rings. The van der Waals surface area contributed by atoms with E-state index in [0.717, 1.165) is 10.7 Å². The van der Waals surface area contributed by atoms with Crippen LogP contribution in [-0.2, 0) is 0 Å². The van der Waals surface area contributed by atoms with E-state index in [1.54, 1.807) is 17.4 Å². The van der Waals surface area contributed by atoms with Gasteiger partial charge in [0, 0.05) is 23.4 Å². The number of thiazole rings is 1. The number of rotatable bonds is 5. The number of hydrogen-bond donors (Lipinski definition) is 1. The molecule has 1 aromatic heterocycles. The number of non-ortho nitro benzene ring substituents is 1. The van der Waals surface area contributed by atoms with Crippen molar-refractivity contribution in [2.75, 3.05) is 5.32 Å². The summed E-state index contributed by atoms with van der Waals surface area (Å²) in [5.74, 6) is 0.375. The summed E-state index contributed by atoms with van der Waals surface area (Å²) in [5.41, 5.74) is 1.63. The minimum atomic E-state index is -0.511. The van der Waals surface area contributed by atoms with Gasteiger partial charge in [0.15, 0.2) is 0 Å². The number of nitriles is 1. The van der Waals surface area contributed by atoms with Gasteiger partial charge in [0.25, 0.3) is 5.69 Å². The van der Waals surface area contributed by atoms with Crippen molar-refractivity contribution in [1.82, 2.24) is 4.98 Å². The SMILES string of the molecule is CC(C)c1nc(C(C)Nc2ccc([N+](=O)[O-])cc2C#N)cs1. The monoisotopic (exact) mass is 316 g/mol. The molecule has 114 valence electrons. The Kier molecular flexibility index (Phi) is 4.73. The molecule has 7 heteroatoms. The van der Waals surface area contributed by atoms with E-state index in [9.17, 15) is 10.1 Å². The Bertz CT molecular complexity index is 733. The Morgan fingerprint density at radius 3 is 2.68 bits per heavy atom. The molecule has 1 atom stereocenters. The second kappa shape index (κ2) is 6.54. The van der Waals surface area contributed by atoms with Crippen LogP contribution in [0.25, 0.3) is 0 Å². The summed E-state index contributed by atoms with van der Waals surface area (Å²) in [7, 11) is 0. The third kappa shape index (κ3) is 3.40. The molecule has 0 spiro atoms. The Morgan fingerprint density at radius 2 is 2.14 bits per heavy atom. The molecule has 0 bridgehead atoms. The molecule has 0 saturated heterocycles. The van der Waals surface area contributed by atoms with Gasteiger partial charge in [-0.2, -0.15) is 5.26 Å². The van der Waals surface area contributed by atoms with Gasteiger partial charge < -0.3 is 5.32 Å². The summed E-state index contributed by atoms with van der Waals surface area (Å²) in [6.07, 6.45) is 0. The van der Waals surface area contributed by atoms with Crippen LogP contribution in [0.5, 0.6) is 0 Å². The van der Waals surface area contributed by atoms with Crippen LogP contribution in [0.15, 0.2) is 23.6 Å². The van der Waals surface area contributed by atoms with Crippen LogP contribution < -0.4 is 5.32 Å². The van der Waals surface area contributed by atoms with Gasteiger partial charge in [0.1, 0.15) is 6.07 Å². The number of nitro benzene ring substituents is 1. The van der Waals surface area contributed by atoms with E-state index in [4.69, 9.17) is 5.26 Å². The van der Waals surface area contributed by atoms with Crippen LogP contribution in [-0.4, -0.2) is 9.91 Å². The largest absolute Gasteiger partial charge is 0.376 e. The number of nitrogens with one attached hydrogen (secondary N) is 1. The summed E-state index contributed by atoms with van der Waals surface area (Å²) in [5, 5.41) is 26.2. The number of nitrogens with zero attached hydrogens (tertiary/aromatic N) is 3. The summed E-state index contributed by atoms with van der Waals surface area (Å²) in [6, 6.07) is 6.12. The molecule has 0 radical (unpaired) electrons. The highest BCUT2D eigenvalue weighted by molar-refractivity contribution is 7.09. The van der Waals surface area contributed by atoms with Crippen molar-refractivity contribution in [3.63, 3.8) is 0 Å². The van der Waals surface area contributed by atoms with E-state index in [1.165, 1.54) is 12.1 Å². The van der Waals surface area contributed by atoms with Crippen molar-refractivity contribution in [2.45, 2.75) is 32.7 Å². The Hall–Kier alpha value is -2.46. The Balaban J connectivity index is 2.22. The van der Waals surface area contributed by atoms with Gasteiger partial charge in [0.05, 0.1) is 32.9 Å². The molecule has 0 fully saturated rings. The Morgan fingerprint density at radius 1 is 1.41 bits per heavy atom. The lowest BCUT2D eigenvalue weighted by Crippen LogP contribution is -2.08. The average Bonchev–Trinajstić information content (AvgIpc) is 2.97. The fourth-order valence-electron chi connectivity index (χ4n) is 1.94. The molecule has 0 saturated carbocycles. The summed E-state index contributed by atoms with van der Waals surface area (Å²) < 4.78 is 0. The average molecular weight is 316 g/mol. The molecule has 0 amide bonds. The summed E-state index contributed by atoms with van der Waals surface area (Å²) >= 11 is 1.61. The molecule has 1 N–H and O–H groups in total. The first-order valence-corrected chi connectivity index (χ1v) is 7.70. The predicted molar refractivity (Wildman–Crippen MR) is 86.1 cm³/mol. The van der Waals surface area contributed by atoms with Crippen molar-refractivity contribution in [2.24, 2.45) is 0 Å². The van der Waals surface area contributed by atoms with E-state index in [0.29, 0.717) is 11.6 Å². The highest BCUT2D eigenvalue weighted by atomic mass is 32.1. The second-order valence-electron chi connectivity index (χ2n) is 5.23. The zero-order chi connectivity index (χ0) is 16.3. The maximum absolute atomic E-state index is 10.8. The van der Waals surface area contributed by atoms with Gasteiger partial charge in [0.2, 0.25) is 0 Å². The minimum absolute atomic E-state index is 0.0858. The summed E-state index contributed by atoms with van der Waals surface area (Å²) in [6.45, 7) is 6.12. The Labute approximate surface area is 132 Å². The second-order valence-corrected chi connectivity index (χ2v) is 6.12. The summed E-state index contributed by atoms with van der Waals surface area (Å²) in [4.78, 5) is 14.8. The molecular formula is C15H16N4O2S. The standard InChI is InChI=1S/C15H16N4O2S/c1-9(2)15-18-14(8-22-15)10(3)17-13-5-4-12(19(20)21)6-11(13)7-16/h4-6,8-10,17H,1-3H3. The quantitative estimate of drug-likeness (QED) is 0.658.